The summed E-state index contributed by atoms with van der Waals surface area (Å²) in [7, 11) is 0. The number of hydrogen-bond donors (Lipinski definition) is 1. The fourth-order valence-corrected chi connectivity index (χ4v) is 2.95. The van der Waals surface area contributed by atoms with Crippen LogP contribution in [-0.2, 0) is 9.53 Å². The summed E-state index contributed by atoms with van der Waals surface area (Å²) < 4.78 is 5.34. The molecular weight excluding hydrogens is 264 g/mol. The van der Waals surface area contributed by atoms with E-state index >= 15 is 0 Å². The topological polar surface area (TPSA) is 87.2 Å². The first-order chi connectivity index (χ1) is 9.18. The fourth-order valence-electron chi connectivity index (χ4n) is 2.95. The highest BCUT2D eigenvalue weighted by Gasteiger charge is 2.55. The summed E-state index contributed by atoms with van der Waals surface area (Å²) in [5.74, 6) is 0. The summed E-state index contributed by atoms with van der Waals surface area (Å²) in [6, 6.07) is -0.292. The molecule has 2 aliphatic rings. The number of ether oxygens (including phenoxy) is 1. The Kier molecular flexibility index (Phi) is 3.39. The normalized spacial score (nSPS) is 29.2. The van der Waals surface area contributed by atoms with E-state index in [-0.39, 0.29) is 19.1 Å². The first-order valence-corrected chi connectivity index (χ1v) is 6.65. The molecule has 2 aliphatic heterocycles. The van der Waals surface area contributed by atoms with Crippen LogP contribution >= 0.6 is 0 Å². The zero-order valence-electron chi connectivity index (χ0n) is 12.0. The van der Waals surface area contributed by atoms with E-state index in [0.717, 1.165) is 0 Å². The fraction of sp³-hybridized carbons (Fsp3) is 0.769. The van der Waals surface area contributed by atoms with E-state index in [9.17, 15) is 14.4 Å². The van der Waals surface area contributed by atoms with Gasteiger partial charge in [0.25, 0.3) is 0 Å². The Morgan fingerprint density at radius 3 is 2.55 bits per heavy atom. The second-order valence-corrected chi connectivity index (χ2v) is 6.43. The number of piperazine rings is 1. The molecule has 0 aromatic carbocycles. The molecule has 7 heteroatoms. The first-order valence-electron chi connectivity index (χ1n) is 6.65. The Labute approximate surface area is 117 Å². The van der Waals surface area contributed by atoms with Crippen LogP contribution < -0.4 is 0 Å². The molecule has 0 spiro atoms. The van der Waals surface area contributed by atoms with Gasteiger partial charge in [-0.15, -0.1) is 0 Å². The van der Waals surface area contributed by atoms with E-state index in [4.69, 9.17) is 9.84 Å². The molecule has 2 heterocycles. The summed E-state index contributed by atoms with van der Waals surface area (Å²) in [4.78, 5) is 37.6. The van der Waals surface area contributed by atoms with E-state index in [1.54, 1.807) is 20.8 Å². The van der Waals surface area contributed by atoms with E-state index < -0.39 is 23.3 Å². The van der Waals surface area contributed by atoms with Gasteiger partial charge in [0.15, 0.2) is 0 Å². The molecule has 20 heavy (non-hydrogen) atoms. The quantitative estimate of drug-likeness (QED) is 0.734. The Hall–Kier alpha value is -1.79. The van der Waals surface area contributed by atoms with Gasteiger partial charge in [-0.1, -0.05) is 0 Å². The standard InChI is InChI=1S/C13H20N2O5/c1-12(2,3)20-11(19)15-9-4-5-13(15,8-16)7-14(6-9)10(17)18/h8-9H,4-7H2,1-3H3,(H,17,18). The van der Waals surface area contributed by atoms with E-state index in [1.165, 1.54) is 9.80 Å². The van der Waals surface area contributed by atoms with Crippen LogP contribution in [0.15, 0.2) is 0 Å². The van der Waals surface area contributed by atoms with Crippen LogP contribution in [0.5, 0.6) is 0 Å². The van der Waals surface area contributed by atoms with Gasteiger partial charge in [-0.25, -0.2) is 9.59 Å². The molecule has 0 aromatic heterocycles. The van der Waals surface area contributed by atoms with Gasteiger partial charge in [0.2, 0.25) is 0 Å². The van der Waals surface area contributed by atoms with Crippen molar-refractivity contribution in [3.63, 3.8) is 0 Å². The lowest BCUT2D eigenvalue weighted by atomic mass is 9.97. The molecule has 2 rings (SSSR count). The lowest BCUT2D eigenvalue weighted by molar-refractivity contribution is -0.121. The number of aldehydes is 1. The van der Waals surface area contributed by atoms with Gasteiger partial charge in [0.05, 0.1) is 12.6 Å². The molecule has 2 bridgehead atoms. The van der Waals surface area contributed by atoms with Crippen molar-refractivity contribution in [2.45, 2.75) is 50.8 Å². The minimum Gasteiger partial charge on any atom is -0.465 e. The molecule has 2 atom stereocenters. The molecule has 2 amide bonds. The number of amides is 2. The number of carbonyl (C=O) groups excluding carboxylic acids is 2. The predicted molar refractivity (Wildman–Crippen MR) is 69.5 cm³/mol. The molecule has 0 aromatic rings. The van der Waals surface area contributed by atoms with E-state index in [2.05, 4.69) is 0 Å². The molecule has 2 fully saturated rings. The Bertz CT molecular complexity index is 445. The highest BCUT2D eigenvalue weighted by atomic mass is 16.6. The maximum absolute atomic E-state index is 12.3. The van der Waals surface area contributed by atoms with Crippen LogP contribution in [0.1, 0.15) is 33.6 Å². The molecule has 7 nitrogen and oxygen atoms in total. The summed E-state index contributed by atoms with van der Waals surface area (Å²) in [6.07, 6.45) is 0.168. The number of rotatable bonds is 1. The number of nitrogens with zero attached hydrogens (tertiary/aromatic N) is 2. The van der Waals surface area contributed by atoms with Crippen molar-refractivity contribution in [2.24, 2.45) is 0 Å². The first kappa shape index (κ1) is 14.6. The summed E-state index contributed by atoms with van der Waals surface area (Å²) in [5.41, 5.74) is -1.73. The molecule has 0 radical (unpaired) electrons. The lowest BCUT2D eigenvalue weighted by Gasteiger charge is -2.45. The number of fused-ring (bicyclic) bond motifs is 2. The van der Waals surface area contributed by atoms with Crippen LogP contribution in [-0.4, -0.2) is 63.7 Å². The maximum atomic E-state index is 12.3. The van der Waals surface area contributed by atoms with Crippen molar-refractivity contribution >= 4 is 18.5 Å². The van der Waals surface area contributed by atoms with Crippen LogP contribution in [0.2, 0.25) is 0 Å². The number of carbonyl (C=O) groups is 3. The second kappa shape index (κ2) is 4.64. The third kappa shape index (κ3) is 2.44. The third-order valence-corrected chi connectivity index (χ3v) is 3.73. The van der Waals surface area contributed by atoms with Gasteiger partial charge in [-0.05, 0) is 33.6 Å². The van der Waals surface area contributed by atoms with E-state index in [0.29, 0.717) is 19.1 Å². The molecule has 0 aliphatic carbocycles. The highest BCUT2D eigenvalue weighted by molar-refractivity contribution is 5.80. The van der Waals surface area contributed by atoms with Gasteiger partial charge in [0.1, 0.15) is 17.4 Å². The van der Waals surface area contributed by atoms with Crippen LogP contribution in [0, 0.1) is 0 Å². The van der Waals surface area contributed by atoms with Gasteiger partial charge >= 0.3 is 12.2 Å². The summed E-state index contributed by atoms with van der Waals surface area (Å²) >= 11 is 0. The minimum absolute atomic E-state index is 0.0155. The molecular formula is C13H20N2O5. The van der Waals surface area contributed by atoms with Crippen molar-refractivity contribution in [3.05, 3.63) is 0 Å². The molecule has 112 valence electrons. The molecule has 0 saturated carbocycles. The minimum atomic E-state index is -1.08. The third-order valence-electron chi connectivity index (χ3n) is 3.73. The van der Waals surface area contributed by atoms with Crippen LogP contribution in [0.3, 0.4) is 0 Å². The van der Waals surface area contributed by atoms with Crippen LogP contribution in [0.4, 0.5) is 9.59 Å². The van der Waals surface area contributed by atoms with Gasteiger partial charge in [-0.3, -0.25) is 4.90 Å². The molecule has 2 unspecified atom stereocenters. The zero-order chi connectivity index (χ0) is 15.1. The van der Waals surface area contributed by atoms with Crippen LogP contribution in [0.25, 0.3) is 0 Å². The number of hydrogen-bond acceptors (Lipinski definition) is 4. The van der Waals surface area contributed by atoms with Crippen molar-refractivity contribution in [3.8, 4) is 0 Å². The largest absolute Gasteiger partial charge is 0.465 e. The number of carboxylic acid groups (broad SMARTS) is 1. The predicted octanol–water partition coefficient (Wildman–Crippen LogP) is 1.32. The average molecular weight is 284 g/mol. The van der Waals surface area contributed by atoms with Crippen molar-refractivity contribution < 1.29 is 24.2 Å². The van der Waals surface area contributed by atoms with Crippen molar-refractivity contribution in [1.82, 2.24) is 9.80 Å². The van der Waals surface area contributed by atoms with E-state index in [1.807, 2.05) is 0 Å². The smallest absolute Gasteiger partial charge is 0.411 e. The lowest BCUT2D eigenvalue weighted by Crippen LogP contribution is -2.65. The Morgan fingerprint density at radius 1 is 1.40 bits per heavy atom. The zero-order valence-corrected chi connectivity index (χ0v) is 12.0. The maximum Gasteiger partial charge on any atom is 0.411 e. The Morgan fingerprint density at radius 2 is 2.05 bits per heavy atom. The van der Waals surface area contributed by atoms with Crippen molar-refractivity contribution in [1.29, 1.82) is 0 Å². The summed E-state index contributed by atoms with van der Waals surface area (Å²) in [6.45, 7) is 5.52. The Balaban J connectivity index is 2.24. The van der Waals surface area contributed by atoms with Crippen molar-refractivity contribution in [2.75, 3.05) is 13.1 Å². The number of likely N-dealkylation sites (tertiary alicyclic amines) is 1. The molecule has 2 saturated heterocycles. The SMILES string of the molecule is CC(C)(C)OC(=O)N1C2CCC1(C=O)CN(C(=O)O)C2. The second-order valence-electron chi connectivity index (χ2n) is 6.43. The van der Waals surface area contributed by atoms with Gasteiger partial charge in [0, 0.05) is 6.54 Å². The van der Waals surface area contributed by atoms with Gasteiger partial charge < -0.3 is 19.5 Å². The monoisotopic (exact) mass is 284 g/mol. The van der Waals surface area contributed by atoms with Gasteiger partial charge in [-0.2, -0.15) is 0 Å². The summed E-state index contributed by atoms with van der Waals surface area (Å²) in [5, 5.41) is 9.10. The average Bonchev–Trinajstić information content (AvgIpc) is 2.55. The molecule has 1 N–H and O–H groups in total. The highest BCUT2D eigenvalue weighted by Crippen LogP contribution is 2.38.